The van der Waals surface area contributed by atoms with Crippen LogP contribution in [0.2, 0.25) is 0 Å². The first-order chi connectivity index (χ1) is 14.4. The molecule has 0 bridgehead atoms. The van der Waals surface area contributed by atoms with E-state index >= 15 is 0 Å². The van der Waals surface area contributed by atoms with Crippen molar-refractivity contribution in [2.45, 2.75) is 16.7 Å². The summed E-state index contributed by atoms with van der Waals surface area (Å²) < 4.78 is 64.4. The summed E-state index contributed by atoms with van der Waals surface area (Å²) in [6.45, 7) is 3.66. The molecule has 0 spiro atoms. The van der Waals surface area contributed by atoms with Crippen LogP contribution in [0.25, 0.3) is 0 Å². The maximum Gasteiger partial charge on any atom is 0.244 e. The van der Waals surface area contributed by atoms with Crippen molar-refractivity contribution >= 4 is 20.0 Å². The second-order valence-electron chi connectivity index (χ2n) is 6.51. The Labute approximate surface area is 177 Å². The third-order valence-electron chi connectivity index (χ3n) is 4.63. The summed E-state index contributed by atoms with van der Waals surface area (Å²) in [4.78, 5) is 4.09. The molecule has 1 aliphatic heterocycles. The topological polar surface area (TPSA) is 106 Å². The third kappa shape index (κ3) is 5.16. The Balaban J connectivity index is 1.62. The molecule has 1 fully saturated rings. The van der Waals surface area contributed by atoms with E-state index in [2.05, 4.69) is 4.98 Å². The number of hydrogen-bond acceptors (Lipinski definition) is 7. The highest BCUT2D eigenvalue weighted by molar-refractivity contribution is 7.89. The predicted molar refractivity (Wildman–Crippen MR) is 110 cm³/mol. The van der Waals surface area contributed by atoms with Crippen LogP contribution in [-0.4, -0.2) is 76.4 Å². The Kier molecular flexibility index (Phi) is 7.42. The van der Waals surface area contributed by atoms with E-state index in [0.29, 0.717) is 25.6 Å². The van der Waals surface area contributed by atoms with Crippen molar-refractivity contribution in [2.24, 2.45) is 0 Å². The SMILES string of the molecule is CCOCCOc1ccc(S(=O)(=O)N2CCN(S(=O)(=O)c3cccnc3)CC2)cc1. The smallest absolute Gasteiger partial charge is 0.244 e. The van der Waals surface area contributed by atoms with E-state index in [1.807, 2.05) is 6.92 Å². The van der Waals surface area contributed by atoms with Crippen molar-refractivity contribution in [1.29, 1.82) is 0 Å². The van der Waals surface area contributed by atoms with Gasteiger partial charge in [-0.05, 0) is 43.3 Å². The highest BCUT2D eigenvalue weighted by Gasteiger charge is 2.33. The molecule has 0 amide bonds. The number of nitrogens with zero attached hydrogens (tertiary/aromatic N) is 3. The number of aromatic nitrogens is 1. The Morgan fingerprint density at radius 2 is 1.47 bits per heavy atom. The maximum atomic E-state index is 12.9. The quantitative estimate of drug-likeness (QED) is 0.523. The molecule has 1 saturated heterocycles. The molecule has 0 radical (unpaired) electrons. The fourth-order valence-corrected chi connectivity index (χ4v) is 5.83. The molecule has 0 aliphatic carbocycles. The average molecular weight is 456 g/mol. The van der Waals surface area contributed by atoms with Gasteiger partial charge in [0.05, 0.1) is 11.5 Å². The number of benzene rings is 1. The molecule has 0 unspecified atom stereocenters. The van der Waals surface area contributed by atoms with Gasteiger partial charge in [-0.15, -0.1) is 0 Å². The van der Waals surface area contributed by atoms with Gasteiger partial charge in [0, 0.05) is 45.2 Å². The van der Waals surface area contributed by atoms with E-state index in [1.54, 1.807) is 18.2 Å². The Morgan fingerprint density at radius 1 is 0.867 bits per heavy atom. The summed E-state index contributed by atoms with van der Waals surface area (Å²) in [6.07, 6.45) is 2.79. The highest BCUT2D eigenvalue weighted by Crippen LogP contribution is 2.23. The Bertz CT molecular complexity index is 1020. The molecule has 1 aliphatic rings. The van der Waals surface area contributed by atoms with E-state index < -0.39 is 20.0 Å². The van der Waals surface area contributed by atoms with Crippen LogP contribution in [0.4, 0.5) is 0 Å². The minimum absolute atomic E-state index is 0.0778. The molecule has 2 aromatic rings. The molecular weight excluding hydrogens is 430 g/mol. The van der Waals surface area contributed by atoms with Gasteiger partial charge < -0.3 is 9.47 Å². The van der Waals surface area contributed by atoms with Crippen molar-refractivity contribution in [1.82, 2.24) is 13.6 Å². The van der Waals surface area contributed by atoms with Gasteiger partial charge in [-0.3, -0.25) is 4.98 Å². The first kappa shape index (κ1) is 22.6. The molecule has 3 rings (SSSR count). The minimum atomic E-state index is -3.72. The molecule has 9 nitrogen and oxygen atoms in total. The molecule has 0 atom stereocenters. The van der Waals surface area contributed by atoms with Gasteiger partial charge in [-0.25, -0.2) is 16.8 Å². The van der Waals surface area contributed by atoms with Crippen LogP contribution in [0.5, 0.6) is 5.75 Å². The molecule has 164 valence electrons. The average Bonchev–Trinajstić information content (AvgIpc) is 2.78. The largest absolute Gasteiger partial charge is 0.491 e. The Morgan fingerprint density at radius 3 is 2.00 bits per heavy atom. The summed E-state index contributed by atoms with van der Waals surface area (Å²) in [5.74, 6) is 0.557. The van der Waals surface area contributed by atoms with Crippen LogP contribution in [0.15, 0.2) is 58.6 Å². The number of piperazine rings is 1. The van der Waals surface area contributed by atoms with Crippen molar-refractivity contribution in [3.05, 3.63) is 48.8 Å². The summed E-state index contributed by atoms with van der Waals surface area (Å²) in [6, 6.07) is 9.21. The van der Waals surface area contributed by atoms with Crippen molar-refractivity contribution in [3.63, 3.8) is 0 Å². The van der Waals surface area contributed by atoms with Gasteiger partial charge in [-0.1, -0.05) is 0 Å². The first-order valence-electron chi connectivity index (χ1n) is 9.56. The fourth-order valence-electron chi connectivity index (χ4n) is 3.02. The second-order valence-corrected chi connectivity index (χ2v) is 10.4. The lowest BCUT2D eigenvalue weighted by Gasteiger charge is -2.33. The van der Waals surface area contributed by atoms with Crippen molar-refractivity contribution < 1.29 is 26.3 Å². The lowest BCUT2D eigenvalue weighted by atomic mass is 10.3. The lowest BCUT2D eigenvalue weighted by Crippen LogP contribution is -2.50. The second kappa shape index (κ2) is 9.84. The molecule has 30 heavy (non-hydrogen) atoms. The minimum Gasteiger partial charge on any atom is -0.491 e. The molecule has 1 aromatic heterocycles. The zero-order valence-corrected chi connectivity index (χ0v) is 18.3. The van der Waals surface area contributed by atoms with Gasteiger partial charge in [0.2, 0.25) is 20.0 Å². The van der Waals surface area contributed by atoms with Crippen LogP contribution in [0.1, 0.15) is 6.92 Å². The summed E-state index contributed by atoms with van der Waals surface area (Å²) in [5.41, 5.74) is 0. The van der Waals surface area contributed by atoms with E-state index in [9.17, 15) is 16.8 Å². The normalized spacial score (nSPS) is 16.4. The molecule has 0 saturated carbocycles. The molecular formula is C19H25N3O6S2. The molecule has 2 heterocycles. The first-order valence-corrected chi connectivity index (χ1v) is 12.4. The van der Waals surface area contributed by atoms with E-state index in [-0.39, 0.29) is 36.0 Å². The number of pyridine rings is 1. The summed E-state index contributed by atoms with van der Waals surface area (Å²) >= 11 is 0. The number of hydrogen-bond donors (Lipinski definition) is 0. The third-order valence-corrected chi connectivity index (χ3v) is 8.43. The van der Waals surface area contributed by atoms with Gasteiger partial charge in [0.15, 0.2) is 0 Å². The zero-order valence-electron chi connectivity index (χ0n) is 16.7. The van der Waals surface area contributed by atoms with Crippen molar-refractivity contribution in [3.8, 4) is 5.75 Å². The number of rotatable bonds is 9. The zero-order chi connectivity index (χ0) is 21.6. The lowest BCUT2D eigenvalue weighted by molar-refractivity contribution is 0.110. The molecule has 0 N–H and O–H groups in total. The van der Waals surface area contributed by atoms with E-state index in [4.69, 9.17) is 9.47 Å². The number of sulfonamides is 2. The van der Waals surface area contributed by atoms with Crippen LogP contribution in [0.3, 0.4) is 0 Å². The van der Waals surface area contributed by atoms with Crippen LogP contribution < -0.4 is 4.74 Å². The fraction of sp³-hybridized carbons (Fsp3) is 0.421. The Hall–Kier alpha value is -2.05. The highest BCUT2D eigenvalue weighted by atomic mass is 32.2. The van der Waals surface area contributed by atoms with Crippen LogP contribution in [0, 0.1) is 0 Å². The van der Waals surface area contributed by atoms with Crippen molar-refractivity contribution in [2.75, 3.05) is 46.0 Å². The van der Waals surface area contributed by atoms with Gasteiger partial charge >= 0.3 is 0 Å². The summed E-state index contributed by atoms with van der Waals surface area (Å²) in [5, 5.41) is 0. The molecule has 1 aromatic carbocycles. The van der Waals surface area contributed by atoms with E-state index in [1.165, 1.54) is 39.2 Å². The number of ether oxygens (including phenoxy) is 2. The predicted octanol–water partition coefficient (Wildman–Crippen LogP) is 1.19. The van der Waals surface area contributed by atoms with Crippen LogP contribution >= 0.6 is 0 Å². The van der Waals surface area contributed by atoms with Crippen LogP contribution in [-0.2, 0) is 24.8 Å². The van der Waals surface area contributed by atoms with Gasteiger partial charge in [-0.2, -0.15) is 8.61 Å². The monoisotopic (exact) mass is 455 g/mol. The molecule has 11 heteroatoms. The van der Waals surface area contributed by atoms with E-state index in [0.717, 1.165) is 0 Å². The maximum absolute atomic E-state index is 12.9. The standard InChI is InChI=1S/C19H25N3O6S2/c1-2-27-14-15-28-17-5-7-18(8-6-17)29(23,24)21-10-12-22(13-11-21)30(25,26)19-4-3-9-20-16-19/h3-9,16H,2,10-15H2,1H3. The summed E-state index contributed by atoms with van der Waals surface area (Å²) in [7, 11) is -7.41. The van der Waals surface area contributed by atoms with Gasteiger partial charge in [0.25, 0.3) is 0 Å². The van der Waals surface area contributed by atoms with Gasteiger partial charge in [0.1, 0.15) is 17.3 Å².